The molecule has 0 spiro atoms. The molecule has 1 aromatic carbocycles. The number of carbonyl (C=O) groups is 2. The Morgan fingerprint density at radius 1 is 1.17 bits per heavy atom. The molecule has 1 rings (SSSR count). The van der Waals surface area contributed by atoms with E-state index in [1.165, 1.54) is 0 Å². The molecule has 0 radical (unpaired) electrons. The molecule has 128 valence electrons. The van der Waals surface area contributed by atoms with E-state index >= 15 is 0 Å². The van der Waals surface area contributed by atoms with E-state index < -0.39 is 11.8 Å². The summed E-state index contributed by atoms with van der Waals surface area (Å²) in [6, 6.07) is 7.38. The summed E-state index contributed by atoms with van der Waals surface area (Å²) in [6.45, 7) is 1.29. The van der Waals surface area contributed by atoms with Crippen LogP contribution in [0.15, 0.2) is 24.3 Å². The van der Waals surface area contributed by atoms with E-state index in [1.807, 2.05) is 43.3 Å². The topological polar surface area (TPSA) is 79.9 Å². The number of nitrogens with zero attached hydrogens (tertiary/aromatic N) is 1. The molecule has 1 aromatic rings. The van der Waals surface area contributed by atoms with Gasteiger partial charge in [-0.1, -0.05) is 12.1 Å². The normalized spacial score (nSPS) is 11.9. The van der Waals surface area contributed by atoms with Crippen molar-refractivity contribution in [2.24, 2.45) is 0 Å². The van der Waals surface area contributed by atoms with Gasteiger partial charge in [0.05, 0.1) is 13.2 Å². The van der Waals surface area contributed by atoms with Gasteiger partial charge in [0.15, 0.2) is 0 Å². The molecule has 0 aromatic heterocycles. The van der Waals surface area contributed by atoms with E-state index in [2.05, 4.69) is 10.6 Å². The monoisotopic (exact) mass is 323 g/mol. The van der Waals surface area contributed by atoms with Gasteiger partial charge in [0, 0.05) is 26.7 Å². The molecule has 0 bridgehead atoms. The number of methoxy groups -OCH3 is 2. The lowest BCUT2D eigenvalue weighted by Crippen LogP contribution is -2.43. The first-order valence-corrected chi connectivity index (χ1v) is 7.35. The Morgan fingerprint density at radius 3 is 2.48 bits per heavy atom. The van der Waals surface area contributed by atoms with Crippen LogP contribution in [0.1, 0.15) is 11.7 Å². The first-order chi connectivity index (χ1) is 11.0. The summed E-state index contributed by atoms with van der Waals surface area (Å²) in [6.07, 6.45) is -0.358. The van der Waals surface area contributed by atoms with Crippen LogP contribution in [0.25, 0.3) is 0 Å². The molecular weight excluding hydrogens is 298 g/mol. The van der Waals surface area contributed by atoms with Crippen LogP contribution in [0.3, 0.4) is 0 Å². The zero-order chi connectivity index (χ0) is 17.2. The van der Waals surface area contributed by atoms with Gasteiger partial charge in [-0.2, -0.15) is 0 Å². The van der Waals surface area contributed by atoms with Crippen molar-refractivity contribution in [1.82, 2.24) is 15.5 Å². The number of likely N-dealkylation sites (N-methyl/N-ethyl adjacent to an activating group) is 1. The maximum atomic E-state index is 11.8. The zero-order valence-electron chi connectivity index (χ0n) is 14.1. The molecule has 0 heterocycles. The Balaban J connectivity index is 2.50. The first-order valence-electron chi connectivity index (χ1n) is 7.35. The number of amides is 2. The number of rotatable bonds is 8. The average molecular weight is 323 g/mol. The minimum Gasteiger partial charge on any atom is -0.497 e. The number of ether oxygens (including phenoxy) is 2. The SMILES string of the molecule is COc1cccc(C(CNC(=O)C(=O)NCCN(C)C)OC)c1. The van der Waals surface area contributed by atoms with Crippen molar-refractivity contribution in [1.29, 1.82) is 0 Å². The molecule has 1 unspecified atom stereocenters. The Hall–Kier alpha value is -2.12. The third kappa shape index (κ3) is 6.66. The van der Waals surface area contributed by atoms with Gasteiger partial charge in [-0.05, 0) is 31.8 Å². The van der Waals surface area contributed by atoms with E-state index in [4.69, 9.17) is 9.47 Å². The fourth-order valence-corrected chi connectivity index (χ4v) is 1.92. The first kappa shape index (κ1) is 18.9. The predicted molar refractivity (Wildman–Crippen MR) is 87.3 cm³/mol. The molecule has 23 heavy (non-hydrogen) atoms. The molecule has 0 aliphatic heterocycles. The Morgan fingerprint density at radius 2 is 1.87 bits per heavy atom. The van der Waals surface area contributed by atoms with Crippen LogP contribution in [-0.2, 0) is 14.3 Å². The molecule has 7 nitrogen and oxygen atoms in total. The highest BCUT2D eigenvalue weighted by molar-refractivity contribution is 6.35. The van der Waals surface area contributed by atoms with Gasteiger partial charge in [-0.25, -0.2) is 0 Å². The number of hydrogen-bond donors (Lipinski definition) is 2. The van der Waals surface area contributed by atoms with Crippen LogP contribution >= 0.6 is 0 Å². The summed E-state index contributed by atoms with van der Waals surface area (Å²) in [4.78, 5) is 25.4. The fourth-order valence-electron chi connectivity index (χ4n) is 1.92. The van der Waals surface area contributed by atoms with Crippen molar-refractivity contribution in [2.45, 2.75) is 6.10 Å². The van der Waals surface area contributed by atoms with E-state index in [-0.39, 0.29) is 12.6 Å². The second-order valence-electron chi connectivity index (χ2n) is 5.27. The van der Waals surface area contributed by atoms with Gasteiger partial charge in [-0.15, -0.1) is 0 Å². The largest absolute Gasteiger partial charge is 0.497 e. The van der Waals surface area contributed by atoms with Gasteiger partial charge in [-0.3, -0.25) is 9.59 Å². The van der Waals surface area contributed by atoms with Crippen molar-refractivity contribution in [3.05, 3.63) is 29.8 Å². The molecule has 2 amide bonds. The standard InChI is InChI=1S/C16H25N3O4/c1-19(2)9-8-17-15(20)16(21)18-11-14(23-4)12-6-5-7-13(10-12)22-3/h5-7,10,14H,8-9,11H2,1-4H3,(H,17,20)(H,18,21). The molecular formula is C16H25N3O4. The number of benzene rings is 1. The van der Waals surface area contributed by atoms with E-state index in [0.717, 1.165) is 5.56 Å². The molecule has 2 N–H and O–H groups in total. The van der Waals surface area contributed by atoms with Gasteiger partial charge >= 0.3 is 11.8 Å². The maximum Gasteiger partial charge on any atom is 0.309 e. The fraction of sp³-hybridized carbons (Fsp3) is 0.500. The van der Waals surface area contributed by atoms with Crippen LogP contribution in [0.5, 0.6) is 5.75 Å². The molecule has 7 heteroatoms. The quantitative estimate of drug-likeness (QED) is 0.667. The summed E-state index contributed by atoms with van der Waals surface area (Å²) in [5.74, 6) is -0.613. The lowest BCUT2D eigenvalue weighted by molar-refractivity contribution is -0.139. The van der Waals surface area contributed by atoms with Crippen LogP contribution in [0.4, 0.5) is 0 Å². The summed E-state index contributed by atoms with van der Waals surface area (Å²) < 4.78 is 10.5. The van der Waals surface area contributed by atoms with Crippen molar-refractivity contribution in [2.75, 3.05) is 47.9 Å². The third-order valence-electron chi connectivity index (χ3n) is 3.25. The van der Waals surface area contributed by atoms with E-state index in [1.54, 1.807) is 14.2 Å². The second-order valence-corrected chi connectivity index (χ2v) is 5.27. The minimum absolute atomic E-state index is 0.198. The molecule has 0 saturated heterocycles. The van der Waals surface area contributed by atoms with Crippen molar-refractivity contribution in [3.8, 4) is 5.75 Å². The Kier molecular flexibility index (Phi) is 8.07. The average Bonchev–Trinajstić information content (AvgIpc) is 2.55. The zero-order valence-corrected chi connectivity index (χ0v) is 14.1. The summed E-state index contributed by atoms with van der Waals surface area (Å²) in [7, 11) is 6.92. The lowest BCUT2D eigenvalue weighted by atomic mass is 10.1. The lowest BCUT2D eigenvalue weighted by Gasteiger charge is -2.17. The Bertz CT molecular complexity index is 520. The van der Waals surface area contributed by atoms with Crippen LogP contribution in [0, 0.1) is 0 Å². The van der Waals surface area contributed by atoms with Crippen LogP contribution in [-0.4, -0.2) is 64.7 Å². The van der Waals surface area contributed by atoms with Gasteiger partial charge in [0.25, 0.3) is 0 Å². The third-order valence-corrected chi connectivity index (χ3v) is 3.25. The highest BCUT2D eigenvalue weighted by Gasteiger charge is 2.17. The number of hydrogen-bond acceptors (Lipinski definition) is 5. The summed E-state index contributed by atoms with van der Waals surface area (Å²) >= 11 is 0. The smallest absolute Gasteiger partial charge is 0.309 e. The van der Waals surface area contributed by atoms with Crippen LogP contribution < -0.4 is 15.4 Å². The van der Waals surface area contributed by atoms with Crippen molar-refractivity contribution >= 4 is 11.8 Å². The van der Waals surface area contributed by atoms with Crippen molar-refractivity contribution < 1.29 is 19.1 Å². The highest BCUT2D eigenvalue weighted by atomic mass is 16.5. The Labute approximate surface area is 136 Å². The molecule has 0 saturated carbocycles. The van der Waals surface area contributed by atoms with Gasteiger partial charge in [0.1, 0.15) is 5.75 Å². The maximum absolute atomic E-state index is 11.8. The van der Waals surface area contributed by atoms with Gasteiger partial charge < -0.3 is 25.0 Å². The molecule has 0 fully saturated rings. The van der Waals surface area contributed by atoms with Crippen LogP contribution in [0.2, 0.25) is 0 Å². The molecule has 1 atom stereocenters. The number of nitrogens with one attached hydrogen (secondary N) is 2. The summed E-state index contributed by atoms with van der Waals surface area (Å²) in [5.41, 5.74) is 0.861. The minimum atomic E-state index is -0.672. The van der Waals surface area contributed by atoms with E-state index in [0.29, 0.717) is 18.8 Å². The molecule has 0 aliphatic rings. The number of carbonyl (C=O) groups excluding carboxylic acids is 2. The second kappa shape index (κ2) is 9.81. The van der Waals surface area contributed by atoms with E-state index in [9.17, 15) is 9.59 Å². The highest BCUT2D eigenvalue weighted by Crippen LogP contribution is 2.20. The van der Waals surface area contributed by atoms with Crippen molar-refractivity contribution in [3.63, 3.8) is 0 Å². The predicted octanol–water partition coefficient (Wildman–Crippen LogP) is 0.177. The summed E-state index contributed by atoms with van der Waals surface area (Å²) in [5, 5.41) is 5.14. The van der Waals surface area contributed by atoms with Gasteiger partial charge in [0.2, 0.25) is 0 Å². The molecule has 0 aliphatic carbocycles.